The maximum absolute atomic E-state index is 6.01. The lowest BCUT2D eigenvalue weighted by Gasteiger charge is -2.32. The van der Waals surface area contributed by atoms with Crippen molar-refractivity contribution < 1.29 is 14.2 Å². The second-order valence-corrected chi connectivity index (χ2v) is 4.59. The van der Waals surface area contributed by atoms with Crippen LogP contribution in [0, 0.1) is 0 Å². The number of hydrogen-bond acceptors (Lipinski definition) is 4. The molecule has 1 N–H and O–H groups in total. The Morgan fingerprint density at radius 1 is 1.21 bits per heavy atom. The fourth-order valence-corrected chi connectivity index (χ4v) is 2.28. The standard InChI is InChI=1S/C15H23NO3/c1-3-16-14-9-10-17-11-15(14)19-13-7-5-12(6-8-13)18-4-2/h5-8,14-16H,3-4,9-11H2,1-2H3. The Kier molecular flexibility index (Phi) is 5.48. The predicted molar refractivity (Wildman–Crippen MR) is 74.9 cm³/mol. The van der Waals surface area contributed by atoms with E-state index in [0.29, 0.717) is 19.3 Å². The third-order valence-electron chi connectivity index (χ3n) is 3.19. The summed E-state index contributed by atoms with van der Waals surface area (Å²) in [5.74, 6) is 1.74. The zero-order valence-corrected chi connectivity index (χ0v) is 11.7. The number of benzene rings is 1. The Morgan fingerprint density at radius 3 is 2.63 bits per heavy atom. The Bertz CT molecular complexity index is 364. The lowest BCUT2D eigenvalue weighted by Crippen LogP contribution is -2.49. The van der Waals surface area contributed by atoms with Gasteiger partial charge in [-0.15, -0.1) is 0 Å². The number of likely N-dealkylation sites (N-methyl/N-ethyl adjacent to an activating group) is 1. The Morgan fingerprint density at radius 2 is 1.95 bits per heavy atom. The predicted octanol–water partition coefficient (Wildman–Crippen LogP) is 2.23. The first-order valence-electron chi connectivity index (χ1n) is 7.04. The van der Waals surface area contributed by atoms with Gasteiger partial charge in [0.05, 0.1) is 13.2 Å². The largest absolute Gasteiger partial charge is 0.494 e. The van der Waals surface area contributed by atoms with E-state index in [-0.39, 0.29) is 6.10 Å². The van der Waals surface area contributed by atoms with Gasteiger partial charge in [-0.25, -0.2) is 0 Å². The number of rotatable bonds is 6. The first-order valence-corrected chi connectivity index (χ1v) is 7.04. The molecule has 0 amide bonds. The van der Waals surface area contributed by atoms with E-state index in [0.717, 1.165) is 31.1 Å². The number of nitrogens with one attached hydrogen (secondary N) is 1. The highest BCUT2D eigenvalue weighted by atomic mass is 16.5. The molecule has 1 aromatic rings. The van der Waals surface area contributed by atoms with Crippen LogP contribution in [0.5, 0.6) is 11.5 Å². The average Bonchev–Trinajstić information content (AvgIpc) is 2.44. The highest BCUT2D eigenvalue weighted by molar-refractivity contribution is 5.31. The molecule has 2 atom stereocenters. The van der Waals surface area contributed by atoms with Crippen molar-refractivity contribution in [2.75, 3.05) is 26.4 Å². The number of ether oxygens (including phenoxy) is 3. The lowest BCUT2D eigenvalue weighted by molar-refractivity contribution is -0.0143. The van der Waals surface area contributed by atoms with Crippen LogP contribution in [0.25, 0.3) is 0 Å². The molecule has 4 heteroatoms. The SMILES string of the molecule is CCNC1CCOCC1Oc1ccc(OCC)cc1. The minimum absolute atomic E-state index is 0.0756. The number of hydrogen-bond donors (Lipinski definition) is 1. The van der Waals surface area contributed by atoms with Crippen molar-refractivity contribution in [3.05, 3.63) is 24.3 Å². The van der Waals surface area contributed by atoms with Gasteiger partial charge in [0.1, 0.15) is 17.6 Å². The van der Waals surface area contributed by atoms with Crippen LogP contribution in [-0.4, -0.2) is 38.5 Å². The summed E-state index contributed by atoms with van der Waals surface area (Å²) in [5, 5.41) is 3.46. The van der Waals surface area contributed by atoms with E-state index in [2.05, 4.69) is 12.2 Å². The van der Waals surface area contributed by atoms with Gasteiger partial charge in [-0.1, -0.05) is 6.92 Å². The third-order valence-corrected chi connectivity index (χ3v) is 3.19. The van der Waals surface area contributed by atoms with Crippen LogP contribution in [-0.2, 0) is 4.74 Å². The summed E-state index contributed by atoms with van der Waals surface area (Å²) in [7, 11) is 0. The van der Waals surface area contributed by atoms with Gasteiger partial charge in [0.15, 0.2) is 0 Å². The van der Waals surface area contributed by atoms with Crippen molar-refractivity contribution in [2.45, 2.75) is 32.4 Å². The molecule has 1 heterocycles. The maximum Gasteiger partial charge on any atom is 0.137 e. The molecule has 0 aromatic heterocycles. The molecule has 1 saturated heterocycles. The highest BCUT2D eigenvalue weighted by Crippen LogP contribution is 2.21. The summed E-state index contributed by atoms with van der Waals surface area (Å²) in [6.07, 6.45) is 1.07. The van der Waals surface area contributed by atoms with Crippen LogP contribution in [0.2, 0.25) is 0 Å². The second-order valence-electron chi connectivity index (χ2n) is 4.59. The molecule has 1 aromatic carbocycles. The minimum atomic E-state index is 0.0756. The first-order chi connectivity index (χ1) is 9.33. The van der Waals surface area contributed by atoms with Gasteiger partial charge in [0.25, 0.3) is 0 Å². The second kappa shape index (κ2) is 7.36. The smallest absolute Gasteiger partial charge is 0.137 e. The lowest BCUT2D eigenvalue weighted by atomic mass is 10.1. The summed E-state index contributed by atoms with van der Waals surface area (Å²) in [4.78, 5) is 0. The van der Waals surface area contributed by atoms with Crippen molar-refractivity contribution in [1.29, 1.82) is 0 Å². The fraction of sp³-hybridized carbons (Fsp3) is 0.600. The van der Waals surface area contributed by atoms with E-state index in [1.165, 1.54) is 0 Å². The molecule has 0 aliphatic carbocycles. The van der Waals surface area contributed by atoms with Crippen LogP contribution in [0.15, 0.2) is 24.3 Å². The summed E-state index contributed by atoms with van der Waals surface area (Å²) < 4.78 is 16.9. The van der Waals surface area contributed by atoms with Gasteiger partial charge < -0.3 is 19.5 Å². The molecule has 1 fully saturated rings. The zero-order chi connectivity index (χ0) is 13.5. The van der Waals surface area contributed by atoms with E-state index in [4.69, 9.17) is 14.2 Å². The molecule has 2 rings (SSSR count). The quantitative estimate of drug-likeness (QED) is 0.856. The highest BCUT2D eigenvalue weighted by Gasteiger charge is 2.26. The van der Waals surface area contributed by atoms with Crippen LogP contribution < -0.4 is 14.8 Å². The molecule has 1 aliphatic rings. The fourth-order valence-electron chi connectivity index (χ4n) is 2.28. The van der Waals surface area contributed by atoms with Gasteiger partial charge >= 0.3 is 0 Å². The summed E-state index contributed by atoms with van der Waals surface area (Å²) in [5.41, 5.74) is 0. The molecule has 2 unspecified atom stereocenters. The van der Waals surface area contributed by atoms with Gasteiger partial charge in [0.2, 0.25) is 0 Å². The van der Waals surface area contributed by atoms with Gasteiger partial charge in [-0.2, -0.15) is 0 Å². The van der Waals surface area contributed by atoms with Gasteiger partial charge in [0, 0.05) is 12.6 Å². The van der Waals surface area contributed by atoms with E-state index < -0.39 is 0 Å². The van der Waals surface area contributed by atoms with Crippen molar-refractivity contribution in [3.63, 3.8) is 0 Å². The van der Waals surface area contributed by atoms with Crippen LogP contribution in [0.1, 0.15) is 20.3 Å². The molecule has 4 nitrogen and oxygen atoms in total. The molecule has 0 spiro atoms. The Labute approximate surface area is 115 Å². The van der Waals surface area contributed by atoms with Gasteiger partial charge in [-0.3, -0.25) is 0 Å². The van der Waals surface area contributed by atoms with Crippen molar-refractivity contribution in [1.82, 2.24) is 5.32 Å². The third kappa shape index (κ3) is 4.11. The monoisotopic (exact) mass is 265 g/mol. The molecular weight excluding hydrogens is 242 g/mol. The Hall–Kier alpha value is -1.26. The molecule has 19 heavy (non-hydrogen) atoms. The minimum Gasteiger partial charge on any atom is -0.494 e. The summed E-state index contributed by atoms with van der Waals surface area (Å²) >= 11 is 0. The molecular formula is C15H23NO3. The van der Waals surface area contributed by atoms with E-state index in [9.17, 15) is 0 Å². The Balaban J connectivity index is 1.94. The molecule has 1 aliphatic heterocycles. The zero-order valence-electron chi connectivity index (χ0n) is 11.7. The van der Waals surface area contributed by atoms with E-state index in [1.807, 2.05) is 31.2 Å². The van der Waals surface area contributed by atoms with Crippen LogP contribution >= 0.6 is 0 Å². The normalized spacial score (nSPS) is 23.1. The van der Waals surface area contributed by atoms with Crippen molar-refractivity contribution in [3.8, 4) is 11.5 Å². The first kappa shape index (κ1) is 14.2. The topological polar surface area (TPSA) is 39.7 Å². The van der Waals surface area contributed by atoms with E-state index in [1.54, 1.807) is 0 Å². The van der Waals surface area contributed by atoms with Gasteiger partial charge in [-0.05, 0) is 44.2 Å². The van der Waals surface area contributed by atoms with Crippen LogP contribution in [0.3, 0.4) is 0 Å². The summed E-state index contributed by atoms with van der Waals surface area (Å²) in [6.45, 7) is 7.17. The molecule has 0 saturated carbocycles. The molecule has 0 radical (unpaired) electrons. The van der Waals surface area contributed by atoms with Crippen molar-refractivity contribution >= 4 is 0 Å². The molecule has 0 bridgehead atoms. The van der Waals surface area contributed by atoms with Crippen molar-refractivity contribution in [2.24, 2.45) is 0 Å². The molecule has 106 valence electrons. The van der Waals surface area contributed by atoms with Crippen LogP contribution in [0.4, 0.5) is 0 Å². The average molecular weight is 265 g/mol. The maximum atomic E-state index is 6.01. The summed E-state index contributed by atoms with van der Waals surface area (Å²) in [6, 6.07) is 8.13. The van der Waals surface area contributed by atoms with E-state index >= 15 is 0 Å².